The standard InChI is InChI=1S/C13H17ClN2O2/c1-2-16(8-10-5-7-18-9-10)13(17)11-4-3-6-15-12(11)14/h3-4,6,10H,2,5,7-9H2,1H3. The first-order valence-corrected chi connectivity index (χ1v) is 6.57. The molecule has 1 amide bonds. The minimum atomic E-state index is -0.0532. The van der Waals surface area contributed by atoms with Crippen LogP contribution < -0.4 is 0 Å². The first-order valence-electron chi connectivity index (χ1n) is 6.20. The van der Waals surface area contributed by atoms with Crippen molar-refractivity contribution >= 4 is 17.5 Å². The first kappa shape index (κ1) is 13.3. The predicted molar refractivity (Wildman–Crippen MR) is 69.8 cm³/mol. The molecular formula is C13H17ClN2O2. The second-order valence-corrected chi connectivity index (χ2v) is 4.77. The van der Waals surface area contributed by atoms with E-state index in [2.05, 4.69) is 4.98 Å². The van der Waals surface area contributed by atoms with Crippen LogP contribution in [0.25, 0.3) is 0 Å². The number of pyridine rings is 1. The summed E-state index contributed by atoms with van der Waals surface area (Å²) in [7, 11) is 0. The lowest BCUT2D eigenvalue weighted by molar-refractivity contribution is 0.0730. The van der Waals surface area contributed by atoms with Gasteiger partial charge in [-0.05, 0) is 25.5 Å². The smallest absolute Gasteiger partial charge is 0.256 e. The van der Waals surface area contributed by atoms with Crippen LogP contribution in [0.3, 0.4) is 0 Å². The number of amides is 1. The maximum Gasteiger partial charge on any atom is 0.256 e. The second-order valence-electron chi connectivity index (χ2n) is 4.42. The van der Waals surface area contributed by atoms with Crippen LogP contribution in [0, 0.1) is 5.92 Å². The lowest BCUT2D eigenvalue weighted by Crippen LogP contribution is -2.35. The van der Waals surface area contributed by atoms with E-state index in [1.54, 1.807) is 18.3 Å². The van der Waals surface area contributed by atoms with E-state index >= 15 is 0 Å². The lowest BCUT2D eigenvalue weighted by Gasteiger charge is -2.24. The molecule has 0 radical (unpaired) electrons. The van der Waals surface area contributed by atoms with Crippen molar-refractivity contribution < 1.29 is 9.53 Å². The van der Waals surface area contributed by atoms with E-state index in [4.69, 9.17) is 16.3 Å². The van der Waals surface area contributed by atoms with Crippen LogP contribution in [0.5, 0.6) is 0 Å². The summed E-state index contributed by atoms with van der Waals surface area (Å²) in [5, 5.41) is 0.267. The van der Waals surface area contributed by atoms with Gasteiger partial charge in [-0.15, -0.1) is 0 Å². The van der Waals surface area contributed by atoms with Crippen molar-refractivity contribution in [3.63, 3.8) is 0 Å². The number of hydrogen-bond donors (Lipinski definition) is 0. The topological polar surface area (TPSA) is 42.4 Å². The average Bonchev–Trinajstić information content (AvgIpc) is 2.88. The molecule has 98 valence electrons. The summed E-state index contributed by atoms with van der Waals surface area (Å²) in [5.74, 6) is 0.381. The SMILES string of the molecule is CCN(CC1CCOC1)C(=O)c1cccnc1Cl. The maximum absolute atomic E-state index is 12.3. The van der Waals surface area contributed by atoms with Crippen LogP contribution in [0.4, 0.5) is 0 Å². The van der Waals surface area contributed by atoms with E-state index in [0.29, 0.717) is 18.0 Å². The van der Waals surface area contributed by atoms with Gasteiger partial charge in [-0.2, -0.15) is 0 Å². The number of hydrogen-bond acceptors (Lipinski definition) is 3. The average molecular weight is 269 g/mol. The van der Waals surface area contributed by atoms with E-state index in [1.807, 2.05) is 11.8 Å². The van der Waals surface area contributed by atoms with Crippen molar-refractivity contribution in [1.29, 1.82) is 0 Å². The number of rotatable bonds is 4. The highest BCUT2D eigenvalue weighted by Crippen LogP contribution is 2.18. The zero-order chi connectivity index (χ0) is 13.0. The fourth-order valence-corrected chi connectivity index (χ4v) is 2.31. The Balaban J connectivity index is 2.07. The van der Waals surface area contributed by atoms with Gasteiger partial charge in [-0.3, -0.25) is 4.79 Å². The highest BCUT2D eigenvalue weighted by atomic mass is 35.5. The highest BCUT2D eigenvalue weighted by Gasteiger charge is 2.23. The van der Waals surface area contributed by atoms with Crippen molar-refractivity contribution in [2.24, 2.45) is 5.92 Å². The van der Waals surface area contributed by atoms with Crippen LogP contribution in [0.1, 0.15) is 23.7 Å². The number of carbonyl (C=O) groups excluding carboxylic acids is 1. The number of nitrogens with zero attached hydrogens (tertiary/aromatic N) is 2. The molecule has 1 fully saturated rings. The second kappa shape index (κ2) is 6.16. The monoisotopic (exact) mass is 268 g/mol. The molecule has 0 aliphatic carbocycles. The van der Waals surface area contributed by atoms with Crippen LogP contribution in [-0.2, 0) is 4.74 Å². The molecule has 1 aromatic rings. The number of ether oxygens (including phenoxy) is 1. The van der Waals surface area contributed by atoms with Gasteiger partial charge in [0.25, 0.3) is 5.91 Å². The molecule has 0 N–H and O–H groups in total. The van der Waals surface area contributed by atoms with Crippen LogP contribution in [0.2, 0.25) is 5.15 Å². The summed E-state index contributed by atoms with van der Waals surface area (Å²) in [4.78, 5) is 18.1. The summed E-state index contributed by atoms with van der Waals surface area (Å²) in [6.45, 7) is 4.90. The molecule has 1 atom stereocenters. The van der Waals surface area contributed by atoms with Gasteiger partial charge in [0, 0.05) is 31.8 Å². The van der Waals surface area contributed by atoms with Gasteiger partial charge in [0.05, 0.1) is 12.2 Å². The third-order valence-electron chi connectivity index (χ3n) is 3.16. The molecule has 2 heterocycles. The normalized spacial score (nSPS) is 18.9. The molecule has 5 heteroatoms. The summed E-state index contributed by atoms with van der Waals surface area (Å²) in [6, 6.07) is 3.44. The molecule has 0 bridgehead atoms. The minimum absolute atomic E-state index is 0.0532. The van der Waals surface area contributed by atoms with E-state index in [0.717, 1.165) is 26.2 Å². The molecule has 1 unspecified atom stereocenters. The first-order chi connectivity index (χ1) is 8.72. The Hall–Kier alpha value is -1.13. The third kappa shape index (κ3) is 3.00. The van der Waals surface area contributed by atoms with Crippen LogP contribution >= 0.6 is 11.6 Å². The Labute approximate surface area is 112 Å². The Bertz CT molecular complexity index is 419. The summed E-state index contributed by atoms with van der Waals surface area (Å²) in [5.41, 5.74) is 0.472. The molecule has 1 aliphatic rings. The van der Waals surface area contributed by atoms with E-state index in [-0.39, 0.29) is 11.1 Å². The Morgan fingerprint density at radius 3 is 3.11 bits per heavy atom. The minimum Gasteiger partial charge on any atom is -0.381 e. The summed E-state index contributed by atoms with van der Waals surface area (Å²) < 4.78 is 5.34. The van der Waals surface area contributed by atoms with E-state index in [9.17, 15) is 4.79 Å². The third-order valence-corrected chi connectivity index (χ3v) is 3.46. The van der Waals surface area contributed by atoms with Gasteiger partial charge in [0.1, 0.15) is 5.15 Å². The maximum atomic E-state index is 12.3. The van der Waals surface area contributed by atoms with E-state index < -0.39 is 0 Å². The summed E-state index contributed by atoms with van der Waals surface area (Å²) >= 11 is 5.95. The Morgan fingerprint density at radius 1 is 1.67 bits per heavy atom. The van der Waals surface area contributed by atoms with Crippen LogP contribution in [0.15, 0.2) is 18.3 Å². The quantitative estimate of drug-likeness (QED) is 0.787. The molecule has 18 heavy (non-hydrogen) atoms. The summed E-state index contributed by atoms with van der Waals surface area (Å²) in [6.07, 6.45) is 2.60. The van der Waals surface area contributed by atoms with Crippen molar-refractivity contribution in [3.8, 4) is 0 Å². The molecule has 1 saturated heterocycles. The highest BCUT2D eigenvalue weighted by molar-refractivity contribution is 6.32. The predicted octanol–water partition coefficient (Wildman–Crippen LogP) is 2.23. The molecule has 2 rings (SSSR count). The molecule has 1 aromatic heterocycles. The number of carbonyl (C=O) groups is 1. The van der Waals surface area contributed by atoms with Gasteiger partial charge in [0.2, 0.25) is 0 Å². The Kier molecular flexibility index (Phi) is 4.55. The van der Waals surface area contributed by atoms with Gasteiger partial charge in [0.15, 0.2) is 0 Å². The fraction of sp³-hybridized carbons (Fsp3) is 0.538. The molecule has 0 aromatic carbocycles. The zero-order valence-electron chi connectivity index (χ0n) is 10.4. The van der Waals surface area contributed by atoms with E-state index in [1.165, 1.54) is 0 Å². The van der Waals surface area contributed by atoms with Gasteiger partial charge < -0.3 is 9.64 Å². The Morgan fingerprint density at radius 2 is 2.50 bits per heavy atom. The van der Waals surface area contributed by atoms with Crippen molar-refractivity contribution in [1.82, 2.24) is 9.88 Å². The van der Waals surface area contributed by atoms with Gasteiger partial charge in [-0.1, -0.05) is 11.6 Å². The molecule has 0 spiro atoms. The van der Waals surface area contributed by atoms with Crippen molar-refractivity contribution in [2.45, 2.75) is 13.3 Å². The number of halogens is 1. The van der Waals surface area contributed by atoms with Gasteiger partial charge in [-0.25, -0.2) is 4.98 Å². The molecule has 4 nitrogen and oxygen atoms in total. The molecular weight excluding hydrogens is 252 g/mol. The fourth-order valence-electron chi connectivity index (χ4n) is 2.11. The number of aromatic nitrogens is 1. The van der Waals surface area contributed by atoms with Crippen molar-refractivity contribution in [3.05, 3.63) is 29.0 Å². The molecule has 0 saturated carbocycles. The zero-order valence-corrected chi connectivity index (χ0v) is 11.2. The van der Waals surface area contributed by atoms with Crippen molar-refractivity contribution in [2.75, 3.05) is 26.3 Å². The largest absolute Gasteiger partial charge is 0.381 e. The van der Waals surface area contributed by atoms with Gasteiger partial charge >= 0.3 is 0 Å². The van der Waals surface area contributed by atoms with Crippen LogP contribution in [-0.4, -0.2) is 42.1 Å². The molecule has 1 aliphatic heterocycles. The lowest BCUT2D eigenvalue weighted by atomic mass is 10.1.